The Morgan fingerprint density at radius 3 is 3.14 bits per heavy atom. The third kappa shape index (κ3) is 2.86. The van der Waals surface area contributed by atoms with Gasteiger partial charge in [0.15, 0.2) is 5.65 Å². The lowest BCUT2D eigenvalue weighted by Crippen LogP contribution is -2.25. The molecule has 6 nitrogen and oxygen atoms in total. The van der Waals surface area contributed by atoms with Crippen molar-refractivity contribution in [2.45, 2.75) is 6.42 Å². The first-order chi connectivity index (χ1) is 10.8. The van der Waals surface area contributed by atoms with Gasteiger partial charge in [0.2, 0.25) is 0 Å². The third-order valence-electron chi connectivity index (χ3n) is 3.27. The predicted octanol–water partition coefficient (Wildman–Crippen LogP) is 2.22. The summed E-state index contributed by atoms with van der Waals surface area (Å²) in [5, 5.41) is 11.2. The van der Waals surface area contributed by atoms with Crippen LogP contribution >= 0.6 is 11.3 Å². The van der Waals surface area contributed by atoms with Crippen LogP contribution in [0.2, 0.25) is 0 Å². The summed E-state index contributed by atoms with van der Waals surface area (Å²) in [5.74, 6) is -0.166. The van der Waals surface area contributed by atoms with E-state index in [1.165, 1.54) is 0 Å². The quantitative estimate of drug-likeness (QED) is 0.708. The second-order valence-corrected chi connectivity index (χ2v) is 5.52. The fourth-order valence-corrected chi connectivity index (χ4v) is 2.84. The number of carbonyl (C=O) groups excluding carboxylic acids is 1. The smallest absolute Gasteiger partial charge is 0.256 e. The zero-order valence-corrected chi connectivity index (χ0v) is 13.0. The summed E-state index contributed by atoms with van der Waals surface area (Å²) in [6.45, 7) is 1.18. The maximum atomic E-state index is 12.2. The van der Waals surface area contributed by atoms with Crippen molar-refractivity contribution in [2.75, 3.05) is 20.3 Å². The Morgan fingerprint density at radius 1 is 1.45 bits per heavy atom. The highest BCUT2D eigenvalue weighted by atomic mass is 32.1. The Morgan fingerprint density at radius 2 is 2.36 bits per heavy atom. The van der Waals surface area contributed by atoms with Crippen molar-refractivity contribution in [1.82, 2.24) is 19.9 Å². The van der Waals surface area contributed by atoms with E-state index in [0.717, 1.165) is 17.7 Å². The van der Waals surface area contributed by atoms with Gasteiger partial charge in [-0.1, -0.05) is 0 Å². The van der Waals surface area contributed by atoms with Crippen molar-refractivity contribution in [3.05, 3.63) is 40.8 Å². The largest absolute Gasteiger partial charge is 0.385 e. The van der Waals surface area contributed by atoms with Gasteiger partial charge in [-0.2, -0.15) is 16.4 Å². The molecule has 1 amide bonds. The molecule has 3 aromatic rings. The van der Waals surface area contributed by atoms with Crippen molar-refractivity contribution in [1.29, 1.82) is 0 Å². The van der Waals surface area contributed by atoms with E-state index in [2.05, 4.69) is 15.4 Å². The average molecular weight is 316 g/mol. The topological polar surface area (TPSA) is 68.5 Å². The van der Waals surface area contributed by atoms with E-state index in [4.69, 9.17) is 4.74 Å². The zero-order chi connectivity index (χ0) is 15.4. The molecular weight excluding hydrogens is 300 g/mol. The molecule has 0 bridgehead atoms. The minimum absolute atomic E-state index is 0.166. The van der Waals surface area contributed by atoms with Crippen LogP contribution in [0.5, 0.6) is 0 Å². The van der Waals surface area contributed by atoms with Gasteiger partial charge in [0.25, 0.3) is 5.91 Å². The summed E-state index contributed by atoms with van der Waals surface area (Å²) in [4.78, 5) is 16.5. The molecule has 0 saturated heterocycles. The van der Waals surface area contributed by atoms with Crippen LogP contribution in [0.25, 0.3) is 16.9 Å². The maximum Gasteiger partial charge on any atom is 0.256 e. The third-order valence-corrected chi connectivity index (χ3v) is 3.96. The van der Waals surface area contributed by atoms with Crippen molar-refractivity contribution in [3.63, 3.8) is 0 Å². The lowest BCUT2D eigenvalue weighted by molar-refractivity contribution is 0.0950. The monoisotopic (exact) mass is 316 g/mol. The van der Waals surface area contributed by atoms with Crippen LogP contribution in [0, 0.1) is 0 Å². The van der Waals surface area contributed by atoms with Crippen LogP contribution in [0.15, 0.2) is 35.3 Å². The zero-order valence-electron chi connectivity index (χ0n) is 12.2. The van der Waals surface area contributed by atoms with Crippen LogP contribution in [0.3, 0.4) is 0 Å². The Kier molecular flexibility index (Phi) is 4.45. The molecule has 1 N–H and O–H groups in total. The highest BCUT2D eigenvalue weighted by Gasteiger charge is 2.15. The van der Waals surface area contributed by atoms with Gasteiger partial charge < -0.3 is 10.1 Å². The number of hydrogen-bond acceptors (Lipinski definition) is 5. The number of aromatic nitrogens is 3. The number of hydrogen-bond donors (Lipinski definition) is 1. The van der Waals surface area contributed by atoms with Crippen molar-refractivity contribution in [3.8, 4) is 11.3 Å². The molecule has 0 aromatic carbocycles. The SMILES string of the molecule is COCCCNC(=O)c1cnn2c(-c3ccsc3)ccnc12. The Balaban J connectivity index is 1.86. The summed E-state index contributed by atoms with van der Waals surface area (Å²) < 4.78 is 6.66. The molecular formula is C15H16N4O2S. The molecule has 0 aliphatic carbocycles. The van der Waals surface area contributed by atoms with Crippen LogP contribution < -0.4 is 5.32 Å². The molecule has 3 aromatic heterocycles. The highest BCUT2D eigenvalue weighted by Crippen LogP contribution is 2.23. The summed E-state index contributed by atoms with van der Waals surface area (Å²) in [6, 6.07) is 3.91. The van der Waals surface area contributed by atoms with E-state index >= 15 is 0 Å². The molecule has 0 aliphatic rings. The van der Waals surface area contributed by atoms with Gasteiger partial charge in [0.05, 0.1) is 11.9 Å². The number of fused-ring (bicyclic) bond motifs is 1. The number of amides is 1. The summed E-state index contributed by atoms with van der Waals surface area (Å²) in [6.07, 6.45) is 4.03. The Bertz CT molecular complexity index is 767. The van der Waals surface area contributed by atoms with Gasteiger partial charge in [0, 0.05) is 37.4 Å². The normalized spacial score (nSPS) is 11.0. The molecule has 0 spiro atoms. The maximum absolute atomic E-state index is 12.2. The van der Waals surface area contributed by atoms with E-state index in [-0.39, 0.29) is 5.91 Å². The number of thiophene rings is 1. The predicted molar refractivity (Wildman–Crippen MR) is 85.1 cm³/mol. The highest BCUT2D eigenvalue weighted by molar-refractivity contribution is 7.08. The molecule has 0 aliphatic heterocycles. The first kappa shape index (κ1) is 14.7. The molecule has 0 unspecified atom stereocenters. The molecule has 3 rings (SSSR count). The van der Waals surface area contributed by atoms with Crippen LogP contribution in [0.1, 0.15) is 16.8 Å². The first-order valence-corrected chi connectivity index (χ1v) is 7.88. The number of carbonyl (C=O) groups is 1. The van der Waals surface area contributed by atoms with Gasteiger partial charge in [0.1, 0.15) is 5.56 Å². The second-order valence-electron chi connectivity index (χ2n) is 4.74. The Labute approximate surface area is 131 Å². The number of nitrogens with one attached hydrogen (secondary N) is 1. The number of rotatable bonds is 6. The van der Waals surface area contributed by atoms with Crippen LogP contribution in [-0.2, 0) is 4.74 Å². The van der Waals surface area contributed by atoms with E-state index in [9.17, 15) is 4.79 Å². The standard InChI is InChI=1S/C15H16N4O2S/c1-21-7-2-5-17-15(20)12-9-18-19-13(3-6-16-14(12)19)11-4-8-22-10-11/h3-4,6,8-10H,2,5,7H2,1H3,(H,17,20). The van der Waals surface area contributed by atoms with Gasteiger partial charge in [-0.3, -0.25) is 4.79 Å². The lowest BCUT2D eigenvalue weighted by atomic mass is 10.2. The van der Waals surface area contributed by atoms with Crippen LogP contribution in [-0.4, -0.2) is 40.8 Å². The van der Waals surface area contributed by atoms with Crippen molar-refractivity contribution >= 4 is 22.9 Å². The fourth-order valence-electron chi connectivity index (χ4n) is 2.19. The van der Waals surface area contributed by atoms with Gasteiger partial charge in [-0.05, 0) is 23.9 Å². The van der Waals surface area contributed by atoms with Gasteiger partial charge >= 0.3 is 0 Å². The fraction of sp³-hybridized carbons (Fsp3) is 0.267. The minimum Gasteiger partial charge on any atom is -0.385 e. The molecule has 0 radical (unpaired) electrons. The molecule has 3 heterocycles. The number of ether oxygens (including phenoxy) is 1. The van der Waals surface area contributed by atoms with E-state index in [0.29, 0.717) is 24.4 Å². The van der Waals surface area contributed by atoms with Crippen LogP contribution in [0.4, 0.5) is 0 Å². The Hall–Kier alpha value is -2.25. The van der Waals surface area contributed by atoms with Gasteiger partial charge in [-0.25, -0.2) is 9.50 Å². The molecule has 114 valence electrons. The first-order valence-electron chi connectivity index (χ1n) is 6.93. The molecule has 0 fully saturated rings. The van der Waals surface area contributed by atoms with Gasteiger partial charge in [-0.15, -0.1) is 0 Å². The van der Waals surface area contributed by atoms with E-state index in [1.807, 2.05) is 22.9 Å². The average Bonchev–Trinajstić information content (AvgIpc) is 3.20. The molecule has 22 heavy (non-hydrogen) atoms. The van der Waals surface area contributed by atoms with Crippen molar-refractivity contribution in [2.24, 2.45) is 0 Å². The lowest BCUT2D eigenvalue weighted by Gasteiger charge is -2.04. The summed E-state index contributed by atoms with van der Waals surface area (Å²) in [5.41, 5.74) is 3.03. The number of nitrogens with zero attached hydrogens (tertiary/aromatic N) is 3. The van der Waals surface area contributed by atoms with E-state index < -0.39 is 0 Å². The second kappa shape index (κ2) is 6.67. The molecule has 0 atom stereocenters. The minimum atomic E-state index is -0.166. The molecule has 7 heteroatoms. The summed E-state index contributed by atoms with van der Waals surface area (Å²) in [7, 11) is 1.64. The van der Waals surface area contributed by atoms with E-state index in [1.54, 1.807) is 35.4 Å². The van der Waals surface area contributed by atoms with Crippen molar-refractivity contribution < 1.29 is 9.53 Å². The molecule has 0 saturated carbocycles. The number of methoxy groups -OCH3 is 1. The summed E-state index contributed by atoms with van der Waals surface area (Å²) >= 11 is 1.62.